The first-order chi connectivity index (χ1) is 7.79. The van der Waals surface area contributed by atoms with Crippen molar-refractivity contribution < 1.29 is 4.85 Å². The topological polar surface area (TPSA) is 39.8 Å². The minimum absolute atomic E-state index is 0.626. The van der Waals surface area contributed by atoms with E-state index in [9.17, 15) is 5.21 Å². The van der Waals surface area contributed by atoms with Crippen LogP contribution in [-0.4, -0.2) is 5.10 Å². The van der Waals surface area contributed by atoms with Crippen LogP contribution < -0.4 is 4.85 Å². The van der Waals surface area contributed by atoms with Crippen LogP contribution in [0.15, 0.2) is 42.5 Å². The number of hydrogen-bond donors (Lipinski definition) is 0. The molecule has 1 aromatic heterocycles. The highest BCUT2D eigenvalue weighted by molar-refractivity contribution is 5.19. The molecule has 0 aliphatic heterocycles. The largest absolute Gasteiger partial charge is 0.594 e. The Hall–Kier alpha value is -1.90. The minimum atomic E-state index is 0.626. The van der Waals surface area contributed by atoms with Gasteiger partial charge >= 0.3 is 0 Å². The van der Waals surface area contributed by atoms with Crippen molar-refractivity contribution in [3.63, 3.8) is 0 Å². The zero-order valence-corrected chi connectivity index (χ0v) is 9.26. The van der Waals surface area contributed by atoms with Crippen molar-refractivity contribution in [2.75, 3.05) is 0 Å². The van der Waals surface area contributed by atoms with Crippen molar-refractivity contribution in [1.29, 1.82) is 0 Å². The van der Waals surface area contributed by atoms with Gasteiger partial charge in [-0.3, -0.25) is 0 Å². The molecule has 1 heterocycles. The molecule has 3 heteroatoms. The summed E-state index contributed by atoms with van der Waals surface area (Å²) in [6.45, 7) is 1.99. The molecule has 0 fully saturated rings. The summed E-state index contributed by atoms with van der Waals surface area (Å²) < 4.78 is 0. The molecule has 0 amide bonds. The molecule has 0 aliphatic carbocycles. The Morgan fingerprint density at radius 3 is 2.50 bits per heavy atom. The van der Waals surface area contributed by atoms with Crippen LogP contribution in [-0.2, 0) is 12.8 Å². The number of aryl methyl sites for hydroxylation is 1. The molecule has 0 atom stereocenters. The van der Waals surface area contributed by atoms with E-state index < -0.39 is 0 Å². The maximum atomic E-state index is 11.6. The van der Waals surface area contributed by atoms with Crippen molar-refractivity contribution in [3.8, 4) is 0 Å². The van der Waals surface area contributed by atoms with E-state index in [0.717, 1.165) is 22.5 Å². The predicted molar refractivity (Wildman–Crippen MR) is 61.8 cm³/mol. The quantitative estimate of drug-likeness (QED) is 0.578. The molecular weight excluding hydrogens is 200 g/mol. The third-order valence-corrected chi connectivity index (χ3v) is 2.52. The van der Waals surface area contributed by atoms with Crippen LogP contribution in [0.1, 0.15) is 23.9 Å². The molecule has 0 unspecified atom stereocenters. The summed E-state index contributed by atoms with van der Waals surface area (Å²) >= 11 is 0. The van der Waals surface area contributed by atoms with Crippen LogP contribution >= 0.6 is 0 Å². The lowest BCUT2D eigenvalue weighted by Crippen LogP contribution is -2.37. The Bertz CT molecular complexity index is 469. The fourth-order valence-corrected chi connectivity index (χ4v) is 1.59. The average Bonchev–Trinajstić information content (AvgIpc) is 2.33. The van der Waals surface area contributed by atoms with Gasteiger partial charge in [0.2, 0.25) is 5.69 Å². The summed E-state index contributed by atoms with van der Waals surface area (Å²) in [4.78, 5) is 0.728. The molecule has 3 nitrogen and oxygen atoms in total. The summed E-state index contributed by atoms with van der Waals surface area (Å²) in [7, 11) is 0. The first-order valence-electron chi connectivity index (χ1n) is 5.42. The first-order valence-corrected chi connectivity index (χ1v) is 5.42. The molecule has 2 aromatic rings. The van der Waals surface area contributed by atoms with E-state index in [1.807, 2.05) is 49.4 Å². The van der Waals surface area contributed by atoms with Gasteiger partial charge in [-0.05, 0) is 18.1 Å². The van der Waals surface area contributed by atoms with Gasteiger partial charge in [-0.2, -0.15) is 0 Å². The summed E-state index contributed by atoms with van der Waals surface area (Å²) in [6.07, 6.45) is 1.41. The Morgan fingerprint density at radius 1 is 1.12 bits per heavy atom. The van der Waals surface area contributed by atoms with Gasteiger partial charge in [-0.15, -0.1) is 0 Å². The molecule has 0 radical (unpaired) electrons. The highest BCUT2D eigenvalue weighted by Crippen LogP contribution is 2.05. The number of hydrogen-bond acceptors (Lipinski definition) is 2. The highest BCUT2D eigenvalue weighted by Gasteiger charge is 2.08. The van der Waals surface area contributed by atoms with Gasteiger partial charge in [0.25, 0.3) is 0 Å². The van der Waals surface area contributed by atoms with E-state index in [-0.39, 0.29) is 0 Å². The van der Waals surface area contributed by atoms with Crippen molar-refractivity contribution in [2.45, 2.75) is 19.8 Å². The zero-order chi connectivity index (χ0) is 11.4. The fraction of sp³-hybridized carbons (Fsp3) is 0.231. The third-order valence-electron chi connectivity index (χ3n) is 2.52. The molecule has 1 aromatic carbocycles. The second-order valence-electron chi connectivity index (χ2n) is 3.70. The molecule has 0 saturated heterocycles. The fourth-order valence-electron chi connectivity index (χ4n) is 1.59. The standard InChI is InChI=1S/C13H14N2O/c1-2-12-8-9-13(15(16)14-12)10-11-6-4-3-5-7-11/h3-9H,2,10H2,1H3. The third kappa shape index (κ3) is 2.37. The molecule has 0 N–H and O–H groups in total. The molecule has 0 spiro atoms. The van der Waals surface area contributed by atoms with Crippen LogP contribution in [0.4, 0.5) is 0 Å². The van der Waals surface area contributed by atoms with E-state index in [4.69, 9.17) is 0 Å². The lowest BCUT2D eigenvalue weighted by molar-refractivity contribution is -0.677. The van der Waals surface area contributed by atoms with E-state index >= 15 is 0 Å². The Labute approximate surface area is 94.9 Å². The Kier molecular flexibility index (Phi) is 3.15. The van der Waals surface area contributed by atoms with Crippen LogP contribution in [0.3, 0.4) is 0 Å². The first kappa shape index (κ1) is 10.6. The molecular formula is C13H14N2O. The summed E-state index contributed by atoms with van der Waals surface area (Å²) in [5, 5.41) is 15.6. The van der Waals surface area contributed by atoms with Gasteiger partial charge in [-0.25, -0.2) is 0 Å². The monoisotopic (exact) mass is 214 g/mol. The Morgan fingerprint density at radius 2 is 1.88 bits per heavy atom. The molecule has 0 aliphatic rings. The molecule has 0 saturated carbocycles. The van der Waals surface area contributed by atoms with Gasteiger partial charge in [0.1, 0.15) is 5.69 Å². The molecule has 0 bridgehead atoms. The molecule has 82 valence electrons. The Balaban J connectivity index is 2.22. The maximum absolute atomic E-state index is 11.6. The van der Waals surface area contributed by atoms with E-state index in [2.05, 4.69) is 5.10 Å². The van der Waals surface area contributed by atoms with Gasteiger partial charge in [0.15, 0.2) is 0 Å². The summed E-state index contributed by atoms with van der Waals surface area (Å²) in [6, 6.07) is 13.7. The number of benzene rings is 1. The number of rotatable bonds is 3. The average molecular weight is 214 g/mol. The normalized spacial score (nSPS) is 10.3. The highest BCUT2D eigenvalue weighted by atomic mass is 16.5. The smallest absolute Gasteiger partial charge is 0.226 e. The van der Waals surface area contributed by atoms with Crippen molar-refractivity contribution >= 4 is 0 Å². The summed E-state index contributed by atoms with van der Waals surface area (Å²) in [5.41, 5.74) is 2.63. The van der Waals surface area contributed by atoms with Gasteiger partial charge in [-0.1, -0.05) is 42.1 Å². The number of nitrogens with zero attached hydrogens (tertiary/aromatic N) is 2. The zero-order valence-electron chi connectivity index (χ0n) is 9.26. The van der Waals surface area contributed by atoms with Crippen molar-refractivity contribution in [3.05, 3.63) is 64.6 Å². The van der Waals surface area contributed by atoms with Crippen LogP contribution in [0, 0.1) is 5.21 Å². The van der Waals surface area contributed by atoms with E-state index in [1.54, 1.807) is 0 Å². The molecule has 2 rings (SSSR count). The molecule has 16 heavy (non-hydrogen) atoms. The van der Waals surface area contributed by atoms with Crippen molar-refractivity contribution in [1.82, 2.24) is 5.10 Å². The van der Waals surface area contributed by atoms with Crippen LogP contribution in [0.2, 0.25) is 0 Å². The van der Waals surface area contributed by atoms with E-state index in [1.165, 1.54) is 0 Å². The van der Waals surface area contributed by atoms with Crippen LogP contribution in [0.25, 0.3) is 0 Å². The lowest BCUT2D eigenvalue weighted by atomic mass is 10.1. The maximum Gasteiger partial charge on any atom is 0.226 e. The van der Waals surface area contributed by atoms with Gasteiger partial charge in [0, 0.05) is 11.2 Å². The van der Waals surface area contributed by atoms with E-state index in [0.29, 0.717) is 12.1 Å². The predicted octanol–water partition coefficient (Wildman–Crippen LogP) is 1.87. The lowest BCUT2D eigenvalue weighted by Gasteiger charge is -2.03. The van der Waals surface area contributed by atoms with Gasteiger partial charge in [0.05, 0.1) is 6.42 Å². The second-order valence-corrected chi connectivity index (χ2v) is 3.70. The van der Waals surface area contributed by atoms with Gasteiger partial charge < -0.3 is 5.21 Å². The second kappa shape index (κ2) is 4.75. The summed E-state index contributed by atoms with van der Waals surface area (Å²) in [5.74, 6) is 0. The minimum Gasteiger partial charge on any atom is -0.594 e. The number of aromatic nitrogens is 2. The van der Waals surface area contributed by atoms with Crippen LogP contribution in [0.5, 0.6) is 0 Å². The van der Waals surface area contributed by atoms with Crippen molar-refractivity contribution in [2.24, 2.45) is 0 Å². The SMILES string of the molecule is CCc1ccc(Cc2ccccc2)[n+]([O-])n1.